The Labute approximate surface area is 107 Å². The normalized spacial score (nSPS) is 12.6. The number of imidazole rings is 1. The molecule has 0 aliphatic heterocycles. The minimum absolute atomic E-state index is 1.05. The number of nitrogens with zero attached hydrogens (tertiary/aromatic N) is 1. The summed E-state index contributed by atoms with van der Waals surface area (Å²) in [4.78, 5) is 12.2. The predicted molar refractivity (Wildman–Crippen MR) is 47.6 cm³/mol. The standard InChI is InChI=1S/C5H8N2.C4HF7O2/c1-2-7-4-3-6-5-7;5-2(6,1(12)13)3(7,8)4(9,10)11/h3-5H,2H2,1H3;(H,12,13). The lowest BCUT2D eigenvalue weighted by molar-refractivity contribution is -0.692. The first-order chi connectivity index (χ1) is 8.88. The third kappa shape index (κ3) is 3.84. The minimum Gasteiger partial charge on any atom is -0.544 e. The van der Waals surface area contributed by atoms with E-state index in [-0.39, 0.29) is 0 Å². The molecule has 4 nitrogen and oxygen atoms in total. The number of carboxylic acid groups (broad SMARTS) is 1. The van der Waals surface area contributed by atoms with Gasteiger partial charge in [0.15, 0.2) is 0 Å². The number of rotatable bonds is 3. The molecule has 0 radical (unpaired) electrons. The minimum atomic E-state index is -6.64. The van der Waals surface area contributed by atoms with Crippen LogP contribution in [0.1, 0.15) is 6.92 Å². The van der Waals surface area contributed by atoms with Crippen molar-refractivity contribution < 1.29 is 45.2 Å². The fourth-order valence-corrected chi connectivity index (χ4v) is 0.823. The van der Waals surface area contributed by atoms with Gasteiger partial charge in [0.25, 0.3) is 0 Å². The van der Waals surface area contributed by atoms with Gasteiger partial charge in [-0.15, -0.1) is 0 Å². The van der Waals surface area contributed by atoms with Crippen molar-refractivity contribution in [2.24, 2.45) is 0 Å². The fourth-order valence-electron chi connectivity index (χ4n) is 0.823. The second-order valence-electron chi connectivity index (χ2n) is 3.38. The second-order valence-corrected chi connectivity index (χ2v) is 3.38. The Morgan fingerprint density at radius 1 is 1.20 bits per heavy atom. The molecule has 0 saturated carbocycles. The number of hydrogen-bond acceptors (Lipinski definition) is 2. The molecule has 0 atom stereocenters. The average molecular weight is 310 g/mol. The van der Waals surface area contributed by atoms with Gasteiger partial charge in [0.2, 0.25) is 6.33 Å². The smallest absolute Gasteiger partial charge is 0.460 e. The van der Waals surface area contributed by atoms with Gasteiger partial charge < -0.3 is 9.90 Å². The molecular formula is C9H9F7N2O2. The lowest BCUT2D eigenvalue weighted by Gasteiger charge is -2.28. The summed E-state index contributed by atoms with van der Waals surface area (Å²) in [6.45, 7) is 3.15. The van der Waals surface area contributed by atoms with Crippen LogP contribution in [-0.4, -0.2) is 29.0 Å². The molecule has 116 valence electrons. The van der Waals surface area contributed by atoms with Gasteiger partial charge in [-0.25, -0.2) is 4.57 Å². The number of H-pyrrole nitrogens is 1. The van der Waals surface area contributed by atoms with Crippen molar-refractivity contribution in [1.82, 2.24) is 4.98 Å². The van der Waals surface area contributed by atoms with Crippen LogP contribution in [0.25, 0.3) is 0 Å². The summed E-state index contributed by atoms with van der Waals surface area (Å²) in [6, 6.07) is 0. The summed E-state index contributed by atoms with van der Waals surface area (Å²) in [5.74, 6) is -16.7. The second kappa shape index (κ2) is 6.09. The van der Waals surface area contributed by atoms with E-state index in [4.69, 9.17) is 0 Å². The number of aliphatic carboxylic acids is 1. The molecule has 0 spiro atoms. The number of alkyl halides is 7. The zero-order valence-electron chi connectivity index (χ0n) is 9.85. The maximum Gasteiger partial charge on any atom is 0.460 e. The number of carbonyl (C=O) groups excluding carboxylic acids is 1. The van der Waals surface area contributed by atoms with E-state index < -0.39 is 24.0 Å². The molecule has 0 aliphatic rings. The highest BCUT2D eigenvalue weighted by molar-refractivity contribution is 5.74. The van der Waals surface area contributed by atoms with Gasteiger partial charge in [0.05, 0.1) is 6.54 Å². The summed E-state index contributed by atoms with van der Waals surface area (Å²) in [7, 11) is 0. The molecule has 0 aromatic carbocycles. The van der Waals surface area contributed by atoms with Crippen molar-refractivity contribution in [2.45, 2.75) is 31.5 Å². The maximum atomic E-state index is 11.7. The van der Waals surface area contributed by atoms with E-state index in [0.717, 1.165) is 6.54 Å². The maximum absolute atomic E-state index is 11.7. The highest BCUT2D eigenvalue weighted by Crippen LogP contribution is 2.46. The Balaban J connectivity index is 0.000000428. The topological polar surface area (TPSA) is 59.8 Å². The Bertz CT molecular complexity index is 428. The zero-order valence-corrected chi connectivity index (χ0v) is 9.85. The Kier molecular flexibility index (Phi) is 5.54. The van der Waals surface area contributed by atoms with Gasteiger partial charge in [0.1, 0.15) is 18.4 Å². The van der Waals surface area contributed by atoms with Crippen LogP contribution in [0.15, 0.2) is 18.7 Å². The van der Waals surface area contributed by atoms with Gasteiger partial charge >= 0.3 is 18.0 Å². The number of halogens is 7. The number of carboxylic acids is 1. The molecule has 0 saturated heterocycles. The van der Waals surface area contributed by atoms with Crippen LogP contribution in [0.5, 0.6) is 0 Å². The third-order valence-electron chi connectivity index (χ3n) is 1.97. The molecule has 1 rings (SSSR count). The monoisotopic (exact) mass is 310 g/mol. The molecule has 20 heavy (non-hydrogen) atoms. The lowest BCUT2D eigenvalue weighted by Crippen LogP contribution is -2.60. The number of carbonyl (C=O) groups is 1. The molecule has 0 fully saturated rings. The lowest BCUT2D eigenvalue weighted by atomic mass is 10.1. The Morgan fingerprint density at radius 3 is 1.85 bits per heavy atom. The first-order valence-corrected chi connectivity index (χ1v) is 4.93. The van der Waals surface area contributed by atoms with Crippen LogP contribution in [-0.2, 0) is 11.3 Å². The van der Waals surface area contributed by atoms with Gasteiger partial charge in [-0.1, -0.05) is 0 Å². The number of aromatic nitrogens is 2. The van der Waals surface area contributed by atoms with Crippen LogP contribution in [0.2, 0.25) is 0 Å². The molecular weight excluding hydrogens is 301 g/mol. The van der Waals surface area contributed by atoms with Gasteiger partial charge in [-0.05, 0) is 6.92 Å². The Morgan fingerprint density at radius 2 is 1.70 bits per heavy atom. The molecule has 1 aromatic heterocycles. The van der Waals surface area contributed by atoms with Gasteiger partial charge in [-0.2, -0.15) is 30.7 Å². The fraction of sp³-hybridized carbons (Fsp3) is 0.556. The quantitative estimate of drug-likeness (QED) is 0.666. The van der Waals surface area contributed by atoms with Crippen LogP contribution < -0.4 is 9.67 Å². The molecule has 0 amide bonds. The molecule has 0 unspecified atom stereocenters. The highest BCUT2D eigenvalue weighted by Gasteiger charge is 2.73. The molecule has 11 heteroatoms. The first-order valence-electron chi connectivity index (χ1n) is 4.93. The van der Waals surface area contributed by atoms with Crippen molar-refractivity contribution in [3.8, 4) is 0 Å². The number of aromatic amines is 1. The van der Waals surface area contributed by atoms with Gasteiger partial charge in [0, 0.05) is 0 Å². The van der Waals surface area contributed by atoms with Crippen molar-refractivity contribution in [2.75, 3.05) is 0 Å². The Hall–Kier alpha value is -1.81. The van der Waals surface area contributed by atoms with E-state index in [1.54, 1.807) is 0 Å². The van der Waals surface area contributed by atoms with Crippen molar-refractivity contribution >= 4 is 5.97 Å². The number of nitrogens with one attached hydrogen (secondary N) is 1. The van der Waals surface area contributed by atoms with E-state index in [9.17, 15) is 40.6 Å². The molecule has 0 aliphatic carbocycles. The highest BCUT2D eigenvalue weighted by atomic mass is 19.4. The van der Waals surface area contributed by atoms with E-state index in [0.29, 0.717) is 0 Å². The van der Waals surface area contributed by atoms with Crippen LogP contribution in [0.3, 0.4) is 0 Å². The number of hydrogen-bond donors (Lipinski definition) is 1. The first kappa shape index (κ1) is 18.2. The number of aryl methyl sites for hydroxylation is 1. The van der Waals surface area contributed by atoms with Crippen LogP contribution >= 0.6 is 0 Å². The molecule has 1 aromatic rings. The van der Waals surface area contributed by atoms with Crippen molar-refractivity contribution in [3.05, 3.63) is 18.7 Å². The van der Waals surface area contributed by atoms with E-state index in [1.807, 2.05) is 18.7 Å². The molecule has 0 bridgehead atoms. The third-order valence-corrected chi connectivity index (χ3v) is 1.97. The van der Waals surface area contributed by atoms with E-state index in [1.165, 1.54) is 0 Å². The van der Waals surface area contributed by atoms with Gasteiger partial charge in [-0.3, -0.25) is 4.98 Å². The average Bonchev–Trinajstić information content (AvgIpc) is 2.80. The predicted octanol–water partition coefficient (Wildman–Crippen LogP) is 0.891. The zero-order chi connectivity index (χ0) is 16.2. The van der Waals surface area contributed by atoms with Crippen molar-refractivity contribution in [3.63, 3.8) is 0 Å². The molecule has 1 N–H and O–H groups in total. The summed E-state index contributed by atoms with van der Waals surface area (Å²) < 4.78 is 82.3. The van der Waals surface area contributed by atoms with E-state index >= 15 is 0 Å². The summed E-state index contributed by atoms with van der Waals surface area (Å²) >= 11 is 0. The SMILES string of the molecule is CC[n+]1cc[nH]c1.O=C([O-])C(F)(F)C(F)(F)C(F)(F)F. The summed E-state index contributed by atoms with van der Waals surface area (Å²) in [5, 5.41) is 9.27. The van der Waals surface area contributed by atoms with Crippen LogP contribution in [0.4, 0.5) is 30.7 Å². The largest absolute Gasteiger partial charge is 0.544 e. The van der Waals surface area contributed by atoms with E-state index in [2.05, 4.69) is 16.5 Å². The summed E-state index contributed by atoms with van der Waals surface area (Å²) in [5.41, 5.74) is 0. The molecule has 1 heterocycles. The van der Waals surface area contributed by atoms with Crippen molar-refractivity contribution in [1.29, 1.82) is 0 Å². The van der Waals surface area contributed by atoms with Crippen LogP contribution in [0, 0.1) is 0 Å². The summed E-state index contributed by atoms with van der Waals surface area (Å²) in [6.07, 6.45) is -0.805.